The molecule has 3 aromatic carbocycles. The Balaban J connectivity index is 2.08. The maximum atomic E-state index is 13.4. The van der Waals surface area contributed by atoms with Crippen molar-refractivity contribution in [2.45, 2.75) is 9.79 Å². The van der Waals surface area contributed by atoms with E-state index in [1.807, 2.05) is 0 Å². The van der Waals surface area contributed by atoms with Gasteiger partial charge in [-0.05, 0) is 36.4 Å². The quantitative estimate of drug-likeness (QED) is 0.0731. The molecule has 0 saturated carbocycles. The number of rotatable bonds is 17. The molecule has 0 atom stereocenters. The second-order valence-electron chi connectivity index (χ2n) is 9.56. The first kappa shape index (κ1) is 40.6. The molecule has 0 aliphatic carbocycles. The summed E-state index contributed by atoms with van der Waals surface area (Å²) in [5, 5.41) is 15.3. The fourth-order valence-corrected chi connectivity index (χ4v) is 6.92. The third kappa shape index (κ3) is 11.1. The van der Waals surface area contributed by atoms with E-state index in [9.17, 15) is 53.2 Å². The number of hydrogen-bond acceptors (Lipinski definition) is 19. The third-order valence-corrected chi connectivity index (χ3v) is 10.5. The first-order valence-corrected chi connectivity index (χ1v) is 19.4. The summed E-state index contributed by atoms with van der Waals surface area (Å²) in [6.07, 6.45) is 0. The van der Waals surface area contributed by atoms with Gasteiger partial charge in [0.15, 0.2) is 25.0 Å². The summed E-state index contributed by atoms with van der Waals surface area (Å²) in [5.74, 6) is -3.72. The highest BCUT2D eigenvalue weighted by atomic mass is 32.3. The van der Waals surface area contributed by atoms with E-state index >= 15 is 0 Å². The van der Waals surface area contributed by atoms with Crippen molar-refractivity contribution in [3.8, 4) is 11.5 Å². The molecule has 0 aliphatic heterocycles. The minimum absolute atomic E-state index is 0.0630. The highest BCUT2D eigenvalue weighted by molar-refractivity contribution is 7.91. The molecule has 5 N–H and O–H groups in total. The van der Waals surface area contributed by atoms with Crippen LogP contribution in [-0.2, 0) is 48.8 Å². The van der Waals surface area contributed by atoms with Crippen molar-refractivity contribution < 1.29 is 70.5 Å². The Hall–Kier alpha value is -4.83. The largest absolute Gasteiger partial charge is 0.495 e. The van der Waals surface area contributed by atoms with Crippen LogP contribution in [0, 0.1) is 0 Å². The highest BCUT2D eigenvalue weighted by Crippen LogP contribution is 2.29. The Morgan fingerprint density at radius 3 is 1.47 bits per heavy atom. The summed E-state index contributed by atoms with van der Waals surface area (Å²) >= 11 is 0. The number of carbonyl (C=O) groups is 1. The van der Waals surface area contributed by atoms with Crippen LogP contribution in [0.1, 0.15) is 10.4 Å². The van der Waals surface area contributed by atoms with Gasteiger partial charge in [-0.1, -0.05) is 0 Å². The molecular weight excluding hydrogens is 773 g/mol. The zero-order chi connectivity index (χ0) is 38.4. The van der Waals surface area contributed by atoms with Gasteiger partial charge in [-0.25, -0.2) is 30.0 Å². The van der Waals surface area contributed by atoms with Gasteiger partial charge in [0.2, 0.25) is 10.9 Å². The molecule has 3 aromatic rings. The van der Waals surface area contributed by atoms with Crippen molar-refractivity contribution in [3.63, 3.8) is 0 Å². The minimum atomic E-state index is -4.93. The number of methoxy groups -OCH3 is 2. The van der Waals surface area contributed by atoms with Gasteiger partial charge in [-0.15, -0.1) is 0 Å². The monoisotopic (exact) mass is 798 g/mol. The smallest absolute Gasteiger partial charge is 0.397 e. The number of carboxylic acid groups (broad SMARTS) is 1. The molecule has 22 nitrogen and oxygen atoms in total. The van der Waals surface area contributed by atoms with Gasteiger partial charge in [-0.3, -0.25) is 29.5 Å². The van der Waals surface area contributed by atoms with Crippen LogP contribution in [-0.4, -0.2) is 92.8 Å². The van der Waals surface area contributed by atoms with Crippen molar-refractivity contribution in [2.75, 3.05) is 49.8 Å². The molecule has 0 heterocycles. The number of ether oxygens (including phenoxy) is 2. The van der Waals surface area contributed by atoms with Crippen LogP contribution in [0.4, 0.5) is 11.4 Å². The normalized spacial score (nSPS) is 13.2. The second-order valence-corrected chi connectivity index (χ2v) is 16.0. The van der Waals surface area contributed by atoms with Gasteiger partial charge in [0.25, 0.3) is 0 Å². The van der Waals surface area contributed by atoms with Crippen LogP contribution in [0.15, 0.2) is 72.0 Å². The fraction of sp³-hybridized carbons (Fsp3) is 0.240. The molecule has 0 spiro atoms. The fourth-order valence-electron chi connectivity index (χ4n) is 3.90. The van der Waals surface area contributed by atoms with Crippen molar-refractivity contribution in [2.24, 2.45) is 10.2 Å². The van der Waals surface area contributed by atoms with Gasteiger partial charge in [0.05, 0.1) is 65.7 Å². The average Bonchev–Trinajstić information content (AvgIpc) is 3.02. The van der Waals surface area contributed by atoms with E-state index in [0.29, 0.717) is 6.07 Å². The summed E-state index contributed by atoms with van der Waals surface area (Å²) in [6, 6.07) is 6.80. The zero-order valence-corrected chi connectivity index (χ0v) is 29.1. The van der Waals surface area contributed by atoms with E-state index < -0.39 is 108 Å². The van der Waals surface area contributed by atoms with Crippen LogP contribution >= 0.6 is 0 Å². The average molecular weight is 799 g/mol. The van der Waals surface area contributed by atoms with Crippen molar-refractivity contribution in [3.05, 3.63) is 79.2 Å². The third-order valence-electron chi connectivity index (χ3n) is 6.23. The van der Waals surface area contributed by atoms with Gasteiger partial charge in [0, 0.05) is 6.07 Å². The summed E-state index contributed by atoms with van der Waals surface area (Å²) in [6.45, 7) is -1.88. The molecule has 51 heavy (non-hydrogen) atoms. The highest BCUT2D eigenvalue weighted by Gasteiger charge is 2.21. The Kier molecular flexibility index (Phi) is 12.8. The predicted octanol–water partition coefficient (Wildman–Crippen LogP) is -1.96. The van der Waals surface area contributed by atoms with Crippen LogP contribution in [0.3, 0.4) is 0 Å². The SMILES string of the molecule is COc1ccc(S(=O)(=O)CCOS(=O)(=O)O)cc1NN=c1c(C(=O)O)cc(=O)c(=NNc2cc(S(=O)(=O)CCOS(=O)(=O)O)ccc2OC)c1=O. The number of benzene rings is 3. The first-order valence-electron chi connectivity index (χ1n) is 13.4. The summed E-state index contributed by atoms with van der Waals surface area (Å²) in [4.78, 5) is 37.2. The number of carboxylic acids is 1. The summed E-state index contributed by atoms with van der Waals surface area (Å²) in [7, 11) is -16.0. The van der Waals surface area contributed by atoms with E-state index in [1.165, 1.54) is 14.2 Å². The molecule has 278 valence electrons. The van der Waals surface area contributed by atoms with Crippen LogP contribution in [0.2, 0.25) is 0 Å². The predicted molar refractivity (Wildman–Crippen MR) is 172 cm³/mol. The molecule has 0 fully saturated rings. The Morgan fingerprint density at radius 2 is 1.10 bits per heavy atom. The van der Waals surface area contributed by atoms with Gasteiger partial charge in [0.1, 0.15) is 16.9 Å². The molecular formula is C25H26N4O18S4. The second kappa shape index (κ2) is 16.0. The molecule has 3 rings (SSSR count). The van der Waals surface area contributed by atoms with Gasteiger partial charge < -0.3 is 14.6 Å². The maximum absolute atomic E-state index is 13.4. The lowest BCUT2D eigenvalue weighted by Crippen LogP contribution is -2.50. The standard InChI is InChI=1S/C25H26N4O18S4/c1-44-20-5-3-14(48(34,35)9-7-46-50(38,39)40)11-17(20)26-28-22-16(25(32)33)13-19(30)23(24(22)31)29-27-18-12-15(4-6-21(18)45-2)49(36,37)10-8-47-51(41,42)43/h3-6,11-13,26-27H,7-10H2,1-2H3,(H,32,33)(H,38,39,40)(H,41,42,43). The number of sulfone groups is 2. The molecule has 26 heteroatoms. The van der Waals surface area contributed by atoms with Crippen molar-refractivity contribution in [1.29, 1.82) is 0 Å². The number of hydrogen-bond donors (Lipinski definition) is 5. The Labute approximate surface area is 288 Å². The number of anilines is 2. The van der Waals surface area contributed by atoms with E-state index in [4.69, 9.17) is 18.6 Å². The minimum Gasteiger partial charge on any atom is -0.495 e. The number of aromatic carboxylic acids is 1. The molecule has 0 unspecified atom stereocenters. The van der Waals surface area contributed by atoms with Crippen molar-refractivity contribution >= 4 is 57.8 Å². The molecule has 0 bridgehead atoms. The van der Waals surface area contributed by atoms with Crippen LogP contribution in [0.5, 0.6) is 11.5 Å². The molecule has 0 aliphatic rings. The number of nitrogens with one attached hydrogen (secondary N) is 2. The van der Waals surface area contributed by atoms with E-state index in [1.54, 1.807) is 0 Å². The number of nitrogens with zero attached hydrogens (tertiary/aromatic N) is 2. The molecule has 0 saturated heterocycles. The Bertz CT molecular complexity index is 2510. The lowest BCUT2D eigenvalue weighted by Gasteiger charge is -2.11. The van der Waals surface area contributed by atoms with Crippen molar-refractivity contribution in [1.82, 2.24) is 0 Å². The topological polar surface area (TPSA) is 334 Å². The molecule has 0 amide bonds. The van der Waals surface area contributed by atoms with Gasteiger partial charge >= 0.3 is 26.8 Å². The van der Waals surface area contributed by atoms with Crippen LogP contribution < -0.4 is 41.9 Å². The maximum Gasteiger partial charge on any atom is 0.397 e. The van der Waals surface area contributed by atoms with Crippen LogP contribution in [0.25, 0.3) is 0 Å². The van der Waals surface area contributed by atoms with Gasteiger partial charge in [-0.2, -0.15) is 27.0 Å². The van der Waals surface area contributed by atoms with E-state index in [-0.39, 0.29) is 22.9 Å². The molecule has 0 radical (unpaired) electrons. The summed E-state index contributed by atoms with van der Waals surface area (Å²) in [5.41, 5.74) is 0.594. The lowest BCUT2D eigenvalue weighted by molar-refractivity contribution is 0.0694. The first-order chi connectivity index (χ1) is 23.6. The molecule has 0 aromatic heterocycles. The zero-order valence-electron chi connectivity index (χ0n) is 25.9. The lowest BCUT2D eigenvalue weighted by atomic mass is 10.2. The Morgan fingerprint density at radius 1 is 0.686 bits per heavy atom. The van der Waals surface area contributed by atoms with E-state index in [0.717, 1.165) is 36.4 Å². The van der Waals surface area contributed by atoms with E-state index in [2.05, 4.69) is 29.4 Å². The summed E-state index contributed by atoms with van der Waals surface area (Å²) < 4.78 is 129.